The molecule has 2 aliphatic rings. The van der Waals surface area contributed by atoms with E-state index in [0.29, 0.717) is 12.5 Å². The second kappa shape index (κ2) is 4.42. The molecule has 1 saturated heterocycles. The number of benzene rings is 1. The van der Waals surface area contributed by atoms with Crippen LogP contribution in [0.1, 0.15) is 12.5 Å². The summed E-state index contributed by atoms with van der Waals surface area (Å²) in [5.41, 5.74) is 9.89. The highest BCUT2D eigenvalue weighted by Gasteiger charge is 2.25. The van der Waals surface area contributed by atoms with Crippen molar-refractivity contribution in [1.29, 1.82) is 0 Å². The van der Waals surface area contributed by atoms with Crippen LogP contribution in [0, 0.1) is 0 Å². The molecular formula is C14H20N4O. The fraction of sp³-hybridized carbons (Fsp3) is 0.500. The molecule has 5 nitrogen and oxygen atoms in total. The van der Waals surface area contributed by atoms with Crippen molar-refractivity contribution >= 4 is 23.0 Å². The van der Waals surface area contributed by atoms with E-state index in [-0.39, 0.29) is 5.91 Å². The van der Waals surface area contributed by atoms with Gasteiger partial charge >= 0.3 is 0 Å². The van der Waals surface area contributed by atoms with E-state index in [1.165, 1.54) is 0 Å². The van der Waals surface area contributed by atoms with Crippen molar-refractivity contribution < 1.29 is 4.79 Å². The van der Waals surface area contributed by atoms with Crippen LogP contribution in [0.25, 0.3) is 0 Å². The fourth-order valence-corrected chi connectivity index (χ4v) is 2.82. The predicted octanol–water partition coefficient (Wildman–Crippen LogP) is 0.904. The lowest BCUT2D eigenvalue weighted by atomic mass is 10.1. The van der Waals surface area contributed by atoms with Gasteiger partial charge in [0.15, 0.2) is 0 Å². The smallest absolute Gasteiger partial charge is 0.228 e. The number of likely N-dealkylation sites (N-methyl/N-ethyl adjacent to an activating group) is 1. The highest BCUT2D eigenvalue weighted by atomic mass is 16.1. The molecule has 2 aliphatic heterocycles. The number of nitrogens with one attached hydrogen (secondary N) is 1. The standard InChI is InChI=1S/C14H20N4O/c1-9-8-18(4-3-17(9)2)13-7-12-10(5-11(13)15)6-14(19)16-12/h5,7,9H,3-4,6,8,15H2,1-2H3,(H,16,19). The molecule has 0 spiro atoms. The molecule has 0 saturated carbocycles. The van der Waals surface area contributed by atoms with Gasteiger partial charge in [0.1, 0.15) is 0 Å². The highest BCUT2D eigenvalue weighted by molar-refractivity contribution is 6.00. The Hall–Kier alpha value is -1.75. The van der Waals surface area contributed by atoms with Gasteiger partial charge in [0.05, 0.1) is 17.8 Å². The van der Waals surface area contributed by atoms with Crippen LogP contribution in [-0.4, -0.2) is 43.5 Å². The number of hydrogen-bond acceptors (Lipinski definition) is 4. The molecule has 0 aliphatic carbocycles. The molecule has 1 unspecified atom stereocenters. The SMILES string of the molecule is CC1CN(c2cc3c(cc2N)CC(=O)N3)CCN1C. The minimum atomic E-state index is 0.0540. The van der Waals surface area contributed by atoms with Crippen LogP contribution in [0.3, 0.4) is 0 Å². The number of piperazine rings is 1. The van der Waals surface area contributed by atoms with Gasteiger partial charge in [-0.3, -0.25) is 4.79 Å². The Balaban J connectivity index is 1.89. The molecule has 3 N–H and O–H groups in total. The van der Waals surface area contributed by atoms with Crippen molar-refractivity contribution in [3.05, 3.63) is 17.7 Å². The van der Waals surface area contributed by atoms with Gasteiger partial charge in [-0.25, -0.2) is 0 Å². The number of nitrogens with zero attached hydrogens (tertiary/aromatic N) is 2. The number of amides is 1. The molecule has 0 bridgehead atoms. The van der Waals surface area contributed by atoms with Crippen molar-refractivity contribution in [2.24, 2.45) is 0 Å². The third kappa shape index (κ3) is 2.14. The number of nitrogen functional groups attached to an aromatic ring is 1. The molecule has 1 atom stereocenters. The number of carbonyl (C=O) groups excluding carboxylic acids is 1. The number of rotatable bonds is 1. The molecule has 0 aromatic heterocycles. The maximum Gasteiger partial charge on any atom is 0.228 e. The van der Waals surface area contributed by atoms with Crippen molar-refractivity contribution in [3.8, 4) is 0 Å². The van der Waals surface area contributed by atoms with Crippen molar-refractivity contribution in [3.63, 3.8) is 0 Å². The van der Waals surface area contributed by atoms with Gasteiger partial charge in [0.25, 0.3) is 0 Å². The zero-order chi connectivity index (χ0) is 13.6. The maximum absolute atomic E-state index is 11.4. The number of anilines is 3. The van der Waals surface area contributed by atoms with Crippen molar-refractivity contribution in [1.82, 2.24) is 4.90 Å². The van der Waals surface area contributed by atoms with Crippen LogP contribution < -0.4 is 16.0 Å². The lowest BCUT2D eigenvalue weighted by Crippen LogP contribution is -2.50. The molecule has 0 radical (unpaired) electrons. The summed E-state index contributed by atoms with van der Waals surface area (Å²) in [5.74, 6) is 0.0540. The average Bonchev–Trinajstić information content (AvgIpc) is 2.71. The zero-order valence-electron chi connectivity index (χ0n) is 11.4. The van der Waals surface area contributed by atoms with Gasteiger partial charge in [0, 0.05) is 31.4 Å². The first kappa shape index (κ1) is 12.3. The summed E-state index contributed by atoms with van der Waals surface area (Å²) in [4.78, 5) is 16.1. The van der Waals surface area contributed by atoms with Crippen LogP contribution in [0.5, 0.6) is 0 Å². The highest BCUT2D eigenvalue weighted by Crippen LogP contribution is 2.34. The van der Waals surface area contributed by atoms with E-state index in [2.05, 4.69) is 29.1 Å². The Bertz CT molecular complexity index is 528. The van der Waals surface area contributed by atoms with Gasteiger partial charge in [-0.2, -0.15) is 0 Å². The van der Waals surface area contributed by atoms with Crippen LogP contribution in [-0.2, 0) is 11.2 Å². The first-order valence-corrected chi connectivity index (χ1v) is 6.72. The molecule has 19 heavy (non-hydrogen) atoms. The third-order valence-corrected chi connectivity index (χ3v) is 4.18. The van der Waals surface area contributed by atoms with E-state index >= 15 is 0 Å². The Kier molecular flexibility index (Phi) is 2.86. The van der Waals surface area contributed by atoms with Gasteiger partial charge in [-0.1, -0.05) is 0 Å². The summed E-state index contributed by atoms with van der Waals surface area (Å²) in [6.45, 7) is 5.19. The quantitative estimate of drug-likeness (QED) is 0.737. The van der Waals surface area contributed by atoms with Gasteiger partial charge in [0.2, 0.25) is 5.91 Å². The lowest BCUT2D eigenvalue weighted by Gasteiger charge is -2.39. The van der Waals surface area contributed by atoms with E-state index in [1.54, 1.807) is 0 Å². The van der Waals surface area contributed by atoms with E-state index < -0.39 is 0 Å². The van der Waals surface area contributed by atoms with Crippen molar-refractivity contribution in [2.75, 3.05) is 42.6 Å². The van der Waals surface area contributed by atoms with Gasteiger partial charge in [-0.05, 0) is 31.7 Å². The van der Waals surface area contributed by atoms with Crippen LogP contribution in [0.2, 0.25) is 0 Å². The monoisotopic (exact) mass is 260 g/mol. The van der Waals surface area contributed by atoms with E-state index in [9.17, 15) is 4.79 Å². The number of hydrogen-bond donors (Lipinski definition) is 2. The first-order valence-electron chi connectivity index (χ1n) is 6.72. The predicted molar refractivity (Wildman–Crippen MR) is 77.5 cm³/mol. The number of fused-ring (bicyclic) bond motifs is 1. The summed E-state index contributed by atoms with van der Waals surface area (Å²) in [6.07, 6.45) is 0.443. The topological polar surface area (TPSA) is 61.6 Å². The molecular weight excluding hydrogens is 240 g/mol. The third-order valence-electron chi connectivity index (χ3n) is 4.18. The summed E-state index contributed by atoms with van der Waals surface area (Å²) in [6, 6.07) is 4.47. The molecule has 2 heterocycles. The minimum absolute atomic E-state index is 0.0540. The summed E-state index contributed by atoms with van der Waals surface area (Å²) >= 11 is 0. The molecule has 3 rings (SSSR count). The van der Waals surface area contributed by atoms with E-state index in [0.717, 1.165) is 42.3 Å². The van der Waals surface area contributed by atoms with Crippen molar-refractivity contribution in [2.45, 2.75) is 19.4 Å². The Morgan fingerprint density at radius 3 is 2.89 bits per heavy atom. The van der Waals surface area contributed by atoms with E-state index in [4.69, 9.17) is 5.73 Å². The second-order valence-corrected chi connectivity index (χ2v) is 5.57. The number of carbonyl (C=O) groups is 1. The Morgan fingerprint density at radius 1 is 1.37 bits per heavy atom. The molecule has 1 amide bonds. The fourth-order valence-electron chi connectivity index (χ4n) is 2.82. The first-order chi connectivity index (χ1) is 9.04. The molecule has 5 heteroatoms. The number of nitrogens with two attached hydrogens (primary N) is 1. The van der Waals surface area contributed by atoms with Crippen LogP contribution in [0.4, 0.5) is 17.1 Å². The normalized spacial score (nSPS) is 23.4. The summed E-state index contributed by atoms with van der Waals surface area (Å²) in [7, 11) is 2.15. The second-order valence-electron chi connectivity index (χ2n) is 5.57. The lowest BCUT2D eigenvalue weighted by molar-refractivity contribution is -0.115. The molecule has 102 valence electrons. The van der Waals surface area contributed by atoms with Crippen LogP contribution in [0.15, 0.2) is 12.1 Å². The van der Waals surface area contributed by atoms with Crippen LogP contribution >= 0.6 is 0 Å². The zero-order valence-corrected chi connectivity index (χ0v) is 11.4. The summed E-state index contributed by atoms with van der Waals surface area (Å²) < 4.78 is 0. The van der Waals surface area contributed by atoms with Gasteiger partial charge < -0.3 is 20.9 Å². The minimum Gasteiger partial charge on any atom is -0.397 e. The average molecular weight is 260 g/mol. The molecule has 1 aromatic rings. The summed E-state index contributed by atoms with van der Waals surface area (Å²) in [5, 5.41) is 2.89. The van der Waals surface area contributed by atoms with E-state index in [1.807, 2.05) is 12.1 Å². The van der Waals surface area contributed by atoms with Gasteiger partial charge in [-0.15, -0.1) is 0 Å². The molecule has 1 fully saturated rings. The molecule has 1 aromatic carbocycles. The Morgan fingerprint density at radius 2 is 2.16 bits per heavy atom. The Labute approximate surface area is 113 Å². The maximum atomic E-state index is 11.4. The largest absolute Gasteiger partial charge is 0.397 e.